The molecule has 0 spiro atoms. The third-order valence-corrected chi connectivity index (χ3v) is 3.53. The highest BCUT2D eigenvalue weighted by molar-refractivity contribution is 5.15. The lowest BCUT2D eigenvalue weighted by Gasteiger charge is -2.36. The Morgan fingerprint density at radius 2 is 1.79 bits per heavy atom. The Balaban J connectivity index is 2.66. The van der Waals surface area contributed by atoms with E-state index in [1.807, 2.05) is 7.11 Å². The Hall–Kier alpha value is -0.860. The van der Waals surface area contributed by atoms with Gasteiger partial charge in [0.25, 0.3) is 0 Å². The molecule has 1 aromatic carbocycles. The van der Waals surface area contributed by atoms with E-state index >= 15 is 0 Å². The van der Waals surface area contributed by atoms with Crippen LogP contribution in [0.5, 0.6) is 0 Å². The van der Waals surface area contributed by atoms with Crippen LogP contribution < -0.4 is 5.32 Å². The molecular formula is C17H29NO. The van der Waals surface area contributed by atoms with Gasteiger partial charge in [0.2, 0.25) is 0 Å². The second-order valence-corrected chi connectivity index (χ2v) is 6.21. The fourth-order valence-corrected chi connectivity index (χ4v) is 2.71. The molecule has 2 atom stereocenters. The zero-order valence-electron chi connectivity index (χ0n) is 13.1. The zero-order chi connectivity index (χ0) is 14.3. The molecule has 19 heavy (non-hydrogen) atoms. The van der Waals surface area contributed by atoms with E-state index in [2.05, 4.69) is 63.3 Å². The van der Waals surface area contributed by atoms with E-state index < -0.39 is 0 Å². The zero-order valence-corrected chi connectivity index (χ0v) is 13.1. The van der Waals surface area contributed by atoms with Crippen LogP contribution >= 0.6 is 0 Å². The molecule has 0 amide bonds. The van der Waals surface area contributed by atoms with Crippen LogP contribution in [0.3, 0.4) is 0 Å². The predicted molar refractivity (Wildman–Crippen MR) is 82.5 cm³/mol. The summed E-state index contributed by atoms with van der Waals surface area (Å²) in [6.45, 7) is 9.87. The van der Waals surface area contributed by atoms with Gasteiger partial charge in [0.05, 0.1) is 6.10 Å². The van der Waals surface area contributed by atoms with Gasteiger partial charge in [-0.3, -0.25) is 0 Å². The molecular weight excluding hydrogens is 234 g/mol. The van der Waals surface area contributed by atoms with Crippen LogP contribution in [0.15, 0.2) is 30.3 Å². The Morgan fingerprint density at radius 1 is 1.16 bits per heavy atom. The minimum atomic E-state index is 0.151. The highest BCUT2D eigenvalue weighted by Crippen LogP contribution is 2.26. The van der Waals surface area contributed by atoms with Crippen LogP contribution in [-0.2, 0) is 11.2 Å². The van der Waals surface area contributed by atoms with Gasteiger partial charge in [0.1, 0.15) is 0 Å². The predicted octanol–water partition coefficient (Wildman–Crippen LogP) is 3.66. The largest absolute Gasteiger partial charge is 0.379 e. The molecule has 2 unspecified atom stereocenters. The number of nitrogens with one attached hydrogen (secondary N) is 1. The Labute approximate surface area is 118 Å². The first-order valence-corrected chi connectivity index (χ1v) is 7.29. The number of likely N-dealkylation sites (N-methyl/N-ethyl adjacent to an activating group) is 1. The van der Waals surface area contributed by atoms with Crippen molar-refractivity contribution < 1.29 is 4.74 Å². The first-order chi connectivity index (χ1) is 8.99. The number of benzene rings is 1. The van der Waals surface area contributed by atoms with E-state index in [0.717, 1.165) is 19.4 Å². The van der Waals surface area contributed by atoms with Gasteiger partial charge >= 0.3 is 0 Å². The summed E-state index contributed by atoms with van der Waals surface area (Å²) in [4.78, 5) is 0. The fourth-order valence-electron chi connectivity index (χ4n) is 2.71. The summed E-state index contributed by atoms with van der Waals surface area (Å²) in [7, 11) is 1.82. The lowest BCUT2D eigenvalue weighted by Crippen LogP contribution is -2.47. The van der Waals surface area contributed by atoms with Crippen LogP contribution in [0, 0.1) is 5.41 Å². The molecule has 2 nitrogen and oxygen atoms in total. The Morgan fingerprint density at radius 3 is 2.26 bits per heavy atom. The van der Waals surface area contributed by atoms with E-state index in [0.29, 0.717) is 6.04 Å². The smallest absolute Gasteiger partial charge is 0.0772 e. The van der Waals surface area contributed by atoms with Crippen LogP contribution in [-0.4, -0.2) is 25.8 Å². The van der Waals surface area contributed by atoms with E-state index in [4.69, 9.17) is 4.74 Å². The Bertz CT molecular complexity index is 342. The van der Waals surface area contributed by atoms with Gasteiger partial charge in [-0.15, -0.1) is 0 Å². The minimum Gasteiger partial charge on any atom is -0.379 e. The van der Waals surface area contributed by atoms with E-state index in [1.165, 1.54) is 5.56 Å². The van der Waals surface area contributed by atoms with Crippen LogP contribution in [0.1, 0.15) is 39.7 Å². The molecule has 108 valence electrons. The summed E-state index contributed by atoms with van der Waals surface area (Å²) in [5.41, 5.74) is 1.55. The first kappa shape index (κ1) is 16.2. The number of methoxy groups -OCH3 is 1. The van der Waals surface area contributed by atoms with Crippen molar-refractivity contribution in [1.82, 2.24) is 5.32 Å². The molecule has 0 aliphatic carbocycles. The van der Waals surface area contributed by atoms with Crippen molar-refractivity contribution in [2.45, 2.75) is 52.7 Å². The van der Waals surface area contributed by atoms with Crippen molar-refractivity contribution in [2.24, 2.45) is 5.41 Å². The van der Waals surface area contributed by atoms with Crippen LogP contribution in [0.2, 0.25) is 0 Å². The second kappa shape index (κ2) is 7.66. The average molecular weight is 263 g/mol. The van der Waals surface area contributed by atoms with Gasteiger partial charge < -0.3 is 10.1 Å². The maximum atomic E-state index is 5.76. The van der Waals surface area contributed by atoms with Gasteiger partial charge in [-0.05, 0) is 30.4 Å². The first-order valence-electron chi connectivity index (χ1n) is 7.29. The lowest BCUT2D eigenvalue weighted by molar-refractivity contribution is -0.0126. The summed E-state index contributed by atoms with van der Waals surface area (Å²) in [6.07, 6.45) is 2.43. The van der Waals surface area contributed by atoms with Crippen molar-refractivity contribution >= 4 is 0 Å². The molecule has 0 bridgehead atoms. The van der Waals surface area contributed by atoms with E-state index in [1.54, 1.807) is 0 Å². The van der Waals surface area contributed by atoms with Crippen LogP contribution in [0.4, 0.5) is 0 Å². The molecule has 1 rings (SSSR count). The highest BCUT2D eigenvalue weighted by atomic mass is 16.5. The average Bonchev–Trinajstić information content (AvgIpc) is 2.36. The molecule has 0 aromatic heterocycles. The number of aryl methyl sites for hydroxylation is 1. The molecule has 0 heterocycles. The van der Waals surface area contributed by atoms with Gasteiger partial charge in [-0.2, -0.15) is 0 Å². The molecule has 0 aliphatic heterocycles. The van der Waals surface area contributed by atoms with Crippen LogP contribution in [0.25, 0.3) is 0 Å². The summed E-state index contributed by atoms with van der Waals surface area (Å²) >= 11 is 0. The van der Waals surface area contributed by atoms with E-state index in [-0.39, 0.29) is 11.5 Å². The SMILES string of the molecule is CCNC(CCc1ccccc1)C(OC)C(C)(C)C. The standard InChI is InChI=1S/C17H29NO/c1-6-18-15(16(19-5)17(2,3)4)13-12-14-10-8-7-9-11-14/h7-11,15-16,18H,6,12-13H2,1-5H3. The van der Waals surface area contributed by atoms with E-state index in [9.17, 15) is 0 Å². The molecule has 0 radical (unpaired) electrons. The summed E-state index contributed by atoms with van der Waals surface area (Å²) in [6, 6.07) is 11.1. The monoisotopic (exact) mass is 263 g/mol. The summed E-state index contributed by atoms with van der Waals surface area (Å²) in [5, 5.41) is 3.59. The fraction of sp³-hybridized carbons (Fsp3) is 0.647. The highest BCUT2D eigenvalue weighted by Gasteiger charge is 2.31. The third kappa shape index (κ3) is 5.33. The van der Waals surface area contributed by atoms with Crippen molar-refractivity contribution in [3.63, 3.8) is 0 Å². The quantitative estimate of drug-likeness (QED) is 0.810. The molecule has 0 saturated carbocycles. The van der Waals surface area contributed by atoms with Crippen molar-refractivity contribution in [2.75, 3.05) is 13.7 Å². The normalized spacial score (nSPS) is 15.2. The lowest BCUT2D eigenvalue weighted by atomic mass is 9.82. The third-order valence-electron chi connectivity index (χ3n) is 3.53. The van der Waals surface area contributed by atoms with Crippen molar-refractivity contribution in [1.29, 1.82) is 0 Å². The minimum absolute atomic E-state index is 0.151. The van der Waals surface area contributed by atoms with Gasteiger partial charge in [0, 0.05) is 13.2 Å². The van der Waals surface area contributed by atoms with Crippen molar-refractivity contribution in [3.05, 3.63) is 35.9 Å². The van der Waals surface area contributed by atoms with Gasteiger partial charge in [-0.1, -0.05) is 58.0 Å². The number of rotatable bonds is 7. The number of hydrogen-bond acceptors (Lipinski definition) is 2. The molecule has 0 aliphatic rings. The maximum Gasteiger partial charge on any atom is 0.0772 e. The number of ether oxygens (including phenoxy) is 1. The molecule has 1 N–H and O–H groups in total. The van der Waals surface area contributed by atoms with Gasteiger partial charge in [-0.25, -0.2) is 0 Å². The van der Waals surface area contributed by atoms with Crippen molar-refractivity contribution in [3.8, 4) is 0 Å². The molecule has 1 aromatic rings. The second-order valence-electron chi connectivity index (χ2n) is 6.21. The molecule has 0 fully saturated rings. The maximum absolute atomic E-state index is 5.76. The number of hydrogen-bond donors (Lipinski definition) is 1. The molecule has 0 saturated heterocycles. The molecule has 2 heteroatoms. The topological polar surface area (TPSA) is 21.3 Å². The summed E-state index contributed by atoms with van der Waals surface area (Å²) < 4.78 is 5.76. The van der Waals surface area contributed by atoms with Gasteiger partial charge in [0.15, 0.2) is 0 Å². The summed E-state index contributed by atoms with van der Waals surface area (Å²) in [5.74, 6) is 0. The Kier molecular flexibility index (Phi) is 6.53.